The first-order chi connectivity index (χ1) is 16.1. The number of hydrogen-bond acceptors (Lipinski definition) is 7. The van der Waals surface area contributed by atoms with Crippen LogP contribution in [0.2, 0.25) is 0 Å². The van der Waals surface area contributed by atoms with Gasteiger partial charge in [0.1, 0.15) is 11.6 Å². The van der Waals surface area contributed by atoms with Crippen LogP contribution < -0.4 is 19.8 Å². The van der Waals surface area contributed by atoms with E-state index < -0.39 is 5.97 Å². The van der Waals surface area contributed by atoms with Crippen LogP contribution in [0, 0.1) is 0 Å². The van der Waals surface area contributed by atoms with E-state index in [1.807, 2.05) is 13.0 Å². The number of rotatable bonds is 5. The van der Waals surface area contributed by atoms with Crippen molar-refractivity contribution in [2.45, 2.75) is 13.3 Å². The summed E-state index contributed by atoms with van der Waals surface area (Å²) in [6.45, 7) is 2.03. The molecule has 0 bridgehead atoms. The summed E-state index contributed by atoms with van der Waals surface area (Å²) in [5.74, 6) is 1.37. The van der Waals surface area contributed by atoms with Gasteiger partial charge in [0.25, 0.3) is 5.56 Å². The second-order valence-electron chi connectivity index (χ2n) is 7.26. The minimum atomic E-state index is -0.548. The molecule has 1 aliphatic rings. The lowest BCUT2D eigenvalue weighted by molar-refractivity contribution is 0.0734. The van der Waals surface area contributed by atoms with E-state index in [4.69, 9.17) is 14.2 Å². The van der Waals surface area contributed by atoms with E-state index in [1.54, 1.807) is 60.7 Å². The number of carbonyl (C=O) groups excluding carboxylic acids is 1. The number of hydrogen-bond donors (Lipinski definition) is 0. The van der Waals surface area contributed by atoms with Crippen LogP contribution in [0.3, 0.4) is 0 Å². The number of para-hydroxylation sites is 2. The summed E-state index contributed by atoms with van der Waals surface area (Å²) in [5, 5.41) is 4.85. The van der Waals surface area contributed by atoms with Gasteiger partial charge >= 0.3 is 5.97 Å². The van der Waals surface area contributed by atoms with Crippen molar-refractivity contribution in [3.63, 3.8) is 0 Å². The topological polar surface area (TPSA) is 92.0 Å². The van der Waals surface area contributed by atoms with Gasteiger partial charge in [-0.2, -0.15) is 9.78 Å². The van der Waals surface area contributed by atoms with Crippen LogP contribution in [0.4, 0.5) is 0 Å². The maximum atomic E-state index is 13.0. The molecule has 1 aliphatic heterocycles. The predicted octanol–water partition coefficient (Wildman–Crippen LogP) is 3.79. The van der Waals surface area contributed by atoms with Crippen LogP contribution in [0.25, 0.3) is 10.9 Å². The molecule has 164 valence electrons. The van der Waals surface area contributed by atoms with Crippen LogP contribution in [0.5, 0.6) is 17.2 Å². The van der Waals surface area contributed by atoms with Crippen molar-refractivity contribution in [3.05, 3.63) is 94.0 Å². The van der Waals surface area contributed by atoms with Gasteiger partial charge in [0.2, 0.25) is 6.79 Å². The molecule has 8 heteroatoms. The molecule has 0 spiro atoms. The quantitative estimate of drug-likeness (QED) is 0.266. The molecule has 2 heterocycles. The molecule has 1 aromatic heterocycles. The summed E-state index contributed by atoms with van der Waals surface area (Å²) < 4.78 is 17.5. The van der Waals surface area contributed by atoms with Crippen molar-refractivity contribution in [1.82, 2.24) is 9.66 Å². The van der Waals surface area contributed by atoms with Crippen molar-refractivity contribution in [3.8, 4) is 17.2 Å². The summed E-state index contributed by atoms with van der Waals surface area (Å²) in [5.41, 5.74) is 1.23. The average Bonchev–Trinajstić information content (AvgIpc) is 3.32. The van der Waals surface area contributed by atoms with Gasteiger partial charge in [0.15, 0.2) is 11.5 Å². The molecule has 0 fully saturated rings. The van der Waals surface area contributed by atoms with E-state index in [0.717, 1.165) is 0 Å². The molecule has 8 nitrogen and oxygen atoms in total. The molecule has 33 heavy (non-hydrogen) atoms. The van der Waals surface area contributed by atoms with Gasteiger partial charge in [-0.15, -0.1) is 0 Å². The summed E-state index contributed by atoms with van der Waals surface area (Å²) in [6.07, 6.45) is 2.01. The normalized spacial score (nSPS) is 12.4. The Hall–Kier alpha value is -4.46. The van der Waals surface area contributed by atoms with Crippen molar-refractivity contribution in [1.29, 1.82) is 0 Å². The molecule has 0 unspecified atom stereocenters. The molecule has 0 aliphatic carbocycles. The number of benzene rings is 3. The zero-order chi connectivity index (χ0) is 22.8. The Labute approximate surface area is 188 Å². The van der Waals surface area contributed by atoms with Gasteiger partial charge in [-0.05, 0) is 42.5 Å². The molecular weight excluding hydrogens is 422 g/mol. The Morgan fingerprint density at radius 3 is 2.76 bits per heavy atom. The number of nitrogens with zero attached hydrogens (tertiary/aromatic N) is 3. The largest absolute Gasteiger partial charge is 0.454 e. The number of aromatic nitrogens is 2. The molecule has 5 rings (SSSR count). The first-order valence-corrected chi connectivity index (χ1v) is 10.4. The van der Waals surface area contributed by atoms with E-state index in [0.29, 0.717) is 51.5 Å². The third-order valence-electron chi connectivity index (χ3n) is 5.18. The van der Waals surface area contributed by atoms with Crippen LogP contribution in [-0.4, -0.2) is 28.6 Å². The van der Waals surface area contributed by atoms with Gasteiger partial charge in [-0.1, -0.05) is 31.2 Å². The van der Waals surface area contributed by atoms with Gasteiger partial charge in [0.05, 0.1) is 22.7 Å². The first kappa shape index (κ1) is 20.4. The van der Waals surface area contributed by atoms with Gasteiger partial charge in [-0.3, -0.25) is 4.79 Å². The third kappa shape index (κ3) is 3.94. The Bertz CT molecular complexity index is 1460. The Morgan fingerprint density at radius 1 is 1.09 bits per heavy atom. The number of aryl methyl sites for hydroxylation is 1. The summed E-state index contributed by atoms with van der Waals surface area (Å²) in [4.78, 5) is 30.2. The van der Waals surface area contributed by atoms with E-state index in [-0.39, 0.29) is 12.4 Å². The fraction of sp³-hybridized carbons (Fsp3) is 0.120. The van der Waals surface area contributed by atoms with Crippen molar-refractivity contribution >= 4 is 23.1 Å². The minimum absolute atomic E-state index is 0.121. The predicted molar refractivity (Wildman–Crippen MR) is 122 cm³/mol. The monoisotopic (exact) mass is 441 g/mol. The standard InChI is InChI=1S/C25H19N3O5/c1-2-23-27-19-9-5-4-8-18(19)24(29)28(23)26-14-17-7-3-6-10-20(17)33-25(30)16-11-12-21-22(13-16)32-15-31-21/h3-14H,2,15H2,1H3. The fourth-order valence-electron chi connectivity index (χ4n) is 3.50. The second-order valence-corrected chi connectivity index (χ2v) is 7.26. The number of esters is 1. The van der Waals surface area contributed by atoms with Crippen molar-refractivity contribution < 1.29 is 19.0 Å². The van der Waals surface area contributed by atoms with Gasteiger partial charge in [0, 0.05) is 12.0 Å². The Kier molecular flexibility index (Phi) is 5.32. The van der Waals surface area contributed by atoms with Crippen LogP contribution in [0.15, 0.2) is 76.6 Å². The maximum absolute atomic E-state index is 13.0. The molecular formula is C25H19N3O5. The highest BCUT2D eigenvalue weighted by Crippen LogP contribution is 2.33. The molecule has 4 aromatic rings. The molecule has 0 saturated carbocycles. The van der Waals surface area contributed by atoms with E-state index >= 15 is 0 Å². The van der Waals surface area contributed by atoms with Crippen molar-refractivity contribution in [2.75, 3.05) is 6.79 Å². The molecule has 0 saturated heterocycles. The lowest BCUT2D eigenvalue weighted by Gasteiger charge is -2.09. The van der Waals surface area contributed by atoms with Crippen LogP contribution in [0.1, 0.15) is 28.7 Å². The SMILES string of the molecule is CCc1nc2ccccc2c(=O)n1N=Cc1ccccc1OC(=O)c1ccc2c(c1)OCO2. The fourth-order valence-corrected chi connectivity index (χ4v) is 3.50. The Balaban J connectivity index is 1.46. The lowest BCUT2D eigenvalue weighted by Crippen LogP contribution is -2.22. The number of ether oxygens (including phenoxy) is 3. The van der Waals surface area contributed by atoms with Gasteiger partial charge < -0.3 is 14.2 Å². The average molecular weight is 441 g/mol. The van der Waals surface area contributed by atoms with Crippen molar-refractivity contribution in [2.24, 2.45) is 5.10 Å². The first-order valence-electron chi connectivity index (χ1n) is 10.4. The van der Waals surface area contributed by atoms with E-state index in [2.05, 4.69) is 10.1 Å². The van der Waals surface area contributed by atoms with Gasteiger partial charge in [-0.25, -0.2) is 9.78 Å². The van der Waals surface area contributed by atoms with Crippen LogP contribution in [-0.2, 0) is 6.42 Å². The molecule has 0 amide bonds. The third-order valence-corrected chi connectivity index (χ3v) is 5.18. The number of carbonyl (C=O) groups is 1. The summed E-state index contributed by atoms with van der Waals surface area (Å²) in [6, 6.07) is 19.0. The van der Waals surface area contributed by atoms with Crippen LogP contribution >= 0.6 is 0 Å². The smallest absolute Gasteiger partial charge is 0.343 e. The zero-order valence-electron chi connectivity index (χ0n) is 17.7. The zero-order valence-corrected chi connectivity index (χ0v) is 17.7. The highest BCUT2D eigenvalue weighted by molar-refractivity contribution is 5.93. The summed E-state index contributed by atoms with van der Waals surface area (Å²) >= 11 is 0. The number of fused-ring (bicyclic) bond motifs is 2. The Morgan fingerprint density at radius 2 is 1.88 bits per heavy atom. The van der Waals surface area contributed by atoms with E-state index in [1.165, 1.54) is 10.9 Å². The highest BCUT2D eigenvalue weighted by Gasteiger charge is 2.18. The molecule has 0 N–H and O–H groups in total. The van der Waals surface area contributed by atoms with E-state index in [9.17, 15) is 9.59 Å². The molecule has 0 atom stereocenters. The second kappa shape index (κ2) is 8.58. The molecule has 0 radical (unpaired) electrons. The lowest BCUT2D eigenvalue weighted by atomic mass is 10.2. The minimum Gasteiger partial charge on any atom is -0.454 e. The maximum Gasteiger partial charge on any atom is 0.343 e. The molecule has 3 aromatic carbocycles. The highest BCUT2D eigenvalue weighted by atomic mass is 16.7. The summed E-state index contributed by atoms with van der Waals surface area (Å²) in [7, 11) is 0.